The largest absolute Gasteiger partial charge is 0.493 e. The third-order valence-electron chi connectivity index (χ3n) is 4.41. The van der Waals surface area contributed by atoms with Crippen molar-refractivity contribution in [2.45, 2.75) is 33.2 Å². The van der Waals surface area contributed by atoms with Crippen molar-refractivity contribution in [2.24, 2.45) is 5.92 Å². The number of ether oxygens (including phenoxy) is 1. The molecule has 4 heteroatoms. The van der Waals surface area contributed by atoms with Crippen molar-refractivity contribution in [2.75, 3.05) is 45.9 Å². The molecule has 1 unspecified atom stereocenters. The van der Waals surface area contributed by atoms with Crippen molar-refractivity contribution in [1.29, 1.82) is 0 Å². The van der Waals surface area contributed by atoms with Crippen LogP contribution in [0.3, 0.4) is 0 Å². The number of piperazine rings is 1. The molecule has 0 aromatic heterocycles. The van der Waals surface area contributed by atoms with Crippen LogP contribution in [-0.4, -0.2) is 60.8 Å². The average Bonchev–Trinajstić information content (AvgIpc) is 2.56. The summed E-state index contributed by atoms with van der Waals surface area (Å²) in [5.74, 6) is 1.44. The minimum atomic E-state index is 0.0953. The van der Waals surface area contributed by atoms with E-state index in [0.717, 1.165) is 38.5 Å². The summed E-state index contributed by atoms with van der Waals surface area (Å²) in [6.07, 6.45) is 1.21. The monoisotopic (exact) mass is 320 g/mol. The molecule has 0 radical (unpaired) electrons. The topological polar surface area (TPSA) is 35.9 Å². The van der Waals surface area contributed by atoms with Crippen LogP contribution < -0.4 is 4.74 Å². The molecule has 2 rings (SSSR count). The van der Waals surface area contributed by atoms with Crippen molar-refractivity contribution < 1.29 is 9.84 Å². The summed E-state index contributed by atoms with van der Waals surface area (Å²) in [7, 11) is 0. The highest BCUT2D eigenvalue weighted by Gasteiger charge is 2.24. The second-order valence-corrected chi connectivity index (χ2v) is 6.85. The van der Waals surface area contributed by atoms with Gasteiger partial charge in [0.25, 0.3) is 0 Å². The number of hydrogen-bond donors (Lipinski definition) is 1. The van der Waals surface area contributed by atoms with Crippen molar-refractivity contribution in [1.82, 2.24) is 9.80 Å². The zero-order valence-corrected chi connectivity index (χ0v) is 14.9. The highest BCUT2D eigenvalue weighted by Crippen LogP contribution is 2.24. The Hall–Kier alpha value is -1.10. The van der Waals surface area contributed by atoms with Crippen molar-refractivity contribution in [3.63, 3.8) is 0 Å². The maximum absolute atomic E-state index is 9.86. The van der Waals surface area contributed by atoms with Crippen molar-refractivity contribution in [3.8, 4) is 5.75 Å². The lowest BCUT2D eigenvalue weighted by Crippen LogP contribution is -2.48. The van der Waals surface area contributed by atoms with Gasteiger partial charge in [-0.3, -0.25) is 4.90 Å². The molecule has 4 nitrogen and oxygen atoms in total. The zero-order valence-electron chi connectivity index (χ0n) is 14.9. The summed E-state index contributed by atoms with van der Waals surface area (Å²) in [5.41, 5.74) is 1.17. The van der Waals surface area contributed by atoms with Crippen molar-refractivity contribution >= 4 is 0 Å². The fourth-order valence-corrected chi connectivity index (χ4v) is 3.10. The predicted molar refractivity (Wildman–Crippen MR) is 94.9 cm³/mol. The fourth-order valence-electron chi connectivity index (χ4n) is 3.10. The van der Waals surface area contributed by atoms with Crippen LogP contribution >= 0.6 is 0 Å². The van der Waals surface area contributed by atoms with Crippen LogP contribution in [0.25, 0.3) is 0 Å². The molecule has 1 atom stereocenters. The lowest BCUT2D eigenvalue weighted by atomic mass is 10.0. The summed E-state index contributed by atoms with van der Waals surface area (Å²) in [6, 6.07) is 8.32. The lowest BCUT2D eigenvalue weighted by molar-refractivity contribution is 0.0651. The molecule has 0 aliphatic carbocycles. The molecule has 0 bridgehead atoms. The number of rotatable bonds is 8. The molecule has 23 heavy (non-hydrogen) atoms. The molecule has 1 aliphatic rings. The van der Waals surface area contributed by atoms with Crippen LogP contribution in [0, 0.1) is 5.92 Å². The van der Waals surface area contributed by atoms with Gasteiger partial charge in [0.05, 0.1) is 19.3 Å². The smallest absolute Gasteiger partial charge is 0.119 e. The standard InChI is InChI=1S/C19H32N2O2/c1-4-9-20-10-12-21(13-11-20)19(14-22)17-5-7-18(8-6-17)23-15-16(2)3/h5-8,16,19,22H,4,9-15H2,1-3H3. The Bertz CT molecular complexity index is 439. The van der Waals surface area contributed by atoms with Gasteiger partial charge in [-0.05, 0) is 36.6 Å². The number of nitrogens with zero attached hydrogens (tertiary/aromatic N) is 2. The van der Waals surface area contributed by atoms with E-state index in [1.54, 1.807) is 0 Å². The lowest BCUT2D eigenvalue weighted by Gasteiger charge is -2.38. The van der Waals surface area contributed by atoms with Gasteiger partial charge in [0, 0.05) is 26.2 Å². The minimum absolute atomic E-state index is 0.0953. The molecule has 1 aromatic rings. The summed E-state index contributed by atoms with van der Waals surface area (Å²) in [4.78, 5) is 4.91. The Balaban J connectivity index is 1.93. The van der Waals surface area contributed by atoms with Crippen LogP contribution in [0.5, 0.6) is 5.75 Å². The van der Waals surface area contributed by atoms with Gasteiger partial charge in [-0.1, -0.05) is 32.9 Å². The third-order valence-corrected chi connectivity index (χ3v) is 4.41. The maximum atomic E-state index is 9.86. The number of aliphatic hydroxyl groups is 1. The number of hydrogen-bond acceptors (Lipinski definition) is 4. The second kappa shape index (κ2) is 9.26. The van der Waals surface area contributed by atoms with E-state index >= 15 is 0 Å². The Morgan fingerprint density at radius 1 is 1.09 bits per heavy atom. The average molecular weight is 320 g/mol. The first-order valence-corrected chi connectivity index (χ1v) is 8.94. The zero-order chi connectivity index (χ0) is 16.7. The summed E-state index contributed by atoms with van der Waals surface area (Å²) < 4.78 is 5.74. The van der Waals surface area contributed by atoms with Gasteiger partial charge in [0.1, 0.15) is 5.75 Å². The molecule has 1 N–H and O–H groups in total. The van der Waals surface area contributed by atoms with E-state index in [9.17, 15) is 5.11 Å². The molecule has 1 aromatic carbocycles. The number of aliphatic hydroxyl groups excluding tert-OH is 1. The minimum Gasteiger partial charge on any atom is -0.493 e. The Morgan fingerprint density at radius 3 is 2.26 bits per heavy atom. The summed E-state index contributed by atoms with van der Waals surface area (Å²) in [6.45, 7) is 12.9. The fraction of sp³-hybridized carbons (Fsp3) is 0.684. The normalized spacial score (nSPS) is 18.3. The second-order valence-electron chi connectivity index (χ2n) is 6.85. The van der Waals surface area contributed by atoms with E-state index < -0.39 is 0 Å². The quantitative estimate of drug-likeness (QED) is 0.799. The molecule has 0 saturated carbocycles. The first-order valence-electron chi connectivity index (χ1n) is 8.94. The molecule has 130 valence electrons. The van der Waals surface area contributed by atoms with Crippen LogP contribution in [0.15, 0.2) is 24.3 Å². The van der Waals surface area contributed by atoms with E-state index in [2.05, 4.69) is 42.7 Å². The Labute approximate surface area is 141 Å². The highest BCUT2D eigenvalue weighted by molar-refractivity contribution is 5.29. The van der Waals surface area contributed by atoms with Crippen LogP contribution in [0.1, 0.15) is 38.8 Å². The van der Waals surface area contributed by atoms with Gasteiger partial charge in [-0.15, -0.1) is 0 Å². The summed E-state index contributed by atoms with van der Waals surface area (Å²) in [5, 5.41) is 9.86. The van der Waals surface area contributed by atoms with Crippen LogP contribution in [-0.2, 0) is 0 Å². The third kappa shape index (κ3) is 5.48. The SMILES string of the molecule is CCCN1CCN(C(CO)c2ccc(OCC(C)C)cc2)CC1. The Kier molecular flexibility index (Phi) is 7.34. The molecule has 1 saturated heterocycles. The predicted octanol–water partition coefficient (Wildman–Crippen LogP) is 2.78. The molecule has 0 amide bonds. The molecular formula is C19H32N2O2. The maximum Gasteiger partial charge on any atom is 0.119 e. The van der Waals surface area contributed by atoms with Gasteiger partial charge in [-0.2, -0.15) is 0 Å². The van der Waals surface area contributed by atoms with Gasteiger partial charge in [0.2, 0.25) is 0 Å². The molecule has 1 fully saturated rings. The van der Waals surface area contributed by atoms with E-state index in [-0.39, 0.29) is 12.6 Å². The van der Waals surface area contributed by atoms with E-state index in [0.29, 0.717) is 5.92 Å². The van der Waals surface area contributed by atoms with Gasteiger partial charge in [0.15, 0.2) is 0 Å². The van der Waals surface area contributed by atoms with Gasteiger partial charge >= 0.3 is 0 Å². The van der Waals surface area contributed by atoms with Crippen LogP contribution in [0.2, 0.25) is 0 Å². The van der Waals surface area contributed by atoms with Gasteiger partial charge < -0.3 is 14.7 Å². The van der Waals surface area contributed by atoms with E-state index in [1.807, 2.05) is 12.1 Å². The van der Waals surface area contributed by atoms with E-state index in [4.69, 9.17) is 4.74 Å². The first-order chi connectivity index (χ1) is 11.1. The van der Waals surface area contributed by atoms with Gasteiger partial charge in [-0.25, -0.2) is 0 Å². The molecular weight excluding hydrogens is 288 g/mol. The van der Waals surface area contributed by atoms with E-state index in [1.165, 1.54) is 18.5 Å². The van der Waals surface area contributed by atoms with Crippen molar-refractivity contribution in [3.05, 3.63) is 29.8 Å². The first kappa shape index (κ1) is 18.2. The molecule has 0 spiro atoms. The number of benzene rings is 1. The molecule has 1 heterocycles. The molecule has 1 aliphatic heterocycles. The summed E-state index contributed by atoms with van der Waals surface area (Å²) >= 11 is 0. The van der Waals surface area contributed by atoms with Crippen LogP contribution in [0.4, 0.5) is 0 Å². The highest BCUT2D eigenvalue weighted by atomic mass is 16.5. The Morgan fingerprint density at radius 2 is 1.74 bits per heavy atom.